The minimum absolute atomic E-state index is 0.114. The van der Waals surface area contributed by atoms with Crippen LogP contribution in [0.15, 0.2) is 41.8 Å². The number of anilines is 1. The zero-order valence-corrected chi connectivity index (χ0v) is 14.7. The Balaban J connectivity index is 1.50. The highest BCUT2D eigenvalue weighted by atomic mass is 32.1. The summed E-state index contributed by atoms with van der Waals surface area (Å²) in [6.45, 7) is 7.05. The molecule has 0 bridgehead atoms. The van der Waals surface area contributed by atoms with E-state index in [1.807, 2.05) is 6.92 Å². The number of quaternary nitrogens is 2. The fourth-order valence-electron chi connectivity index (χ4n) is 3.18. The molecule has 6 heteroatoms. The van der Waals surface area contributed by atoms with Crippen molar-refractivity contribution in [3.8, 4) is 0 Å². The van der Waals surface area contributed by atoms with Crippen molar-refractivity contribution in [3.05, 3.63) is 52.5 Å². The first-order valence-corrected chi connectivity index (χ1v) is 9.27. The van der Waals surface area contributed by atoms with E-state index < -0.39 is 5.82 Å². The maximum absolute atomic E-state index is 13.7. The quantitative estimate of drug-likeness (QED) is 0.709. The van der Waals surface area contributed by atoms with Crippen LogP contribution < -0.4 is 15.1 Å². The van der Waals surface area contributed by atoms with Gasteiger partial charge in [-0.05, 0) is 30.5 Å². The van der Waals surface area contributed by atoms with Gasteiger partial charge in [0.05, 0.1) is 10.6 Å². The number of piperazine rings is 1. The highest BCUT2D eigenvalue weighted by Gasteiger charge is 2.31. The third-order valence-corrected chi connectivity index (χ3v) is 5.62. The van der Waals surface area contributed by atoms with Gasteiger partial charge in [0, 0.05) is 0 Å². The van der Waals surface area contributed by atoms with E-state index in [4.69, 9.17) is 0 Å². The first-order chi connectivity index (χ1) is 11.6. The monoisotopic (exact) mass is 349 g/mol. The molecule has 3 rings (SSSR count). The topological polar surface area (TPSA) is 38.0 Å². The number of carbonyl (C=O) groups excluding carboxylic acids is 1. The molecule has 1 aliphatic rings. The van der Waals surface area contributed by atoms with Gasteiger partial charge < -0.3 is 15.1 Å². The lowest BCUT2D eigenvalue weighted by atomic mass is 10.2. The Morgan fingerprint density at radius 1 is 1.21 bits per heavy atom. The Morgan fingerprint density at radius 3 is 2.62 bits per heavy atom. The average Bonchev–Trinajstić information content (AvgIpc) is 3.10. The third kappa shape index (κ3) is 4.20. The number of para-hydroxylation sites is 1. The highest BCUT2D eigenvalue weighted by molar-refractivity contribution is 7.09. The van der Waals surface area contributed by atoms with Gasteiger partial charge in [-0.1, -0.05) is 18.2 Å². The Bertz CT molecular complexity index is 669. The standard InChI is InChI=1S/C18H22FN3OS/c1-14(18(23)20-17-7-3-2-6-16(17)19)22-10-8-21(9-11-22)13-15-5-4-12-24-15/h2-7,12,14H,8-11,13H2,1H3,(H,20,23)/p+2/t14-/m1/s1. The van der Waals surface area contributed by atoms with Crippen molar-refractivity contribution < 1.29 is 19.0 Å². The Hall–Kier alpha value is -1.76. The van der Waals surface area contributed by atoms with Crippen LogP contribution in [0, 0.1) is 5.82 Å². The predicted octanol–water partition coefficient (Wildman–Crippen LogP) is 0.198. The van der Waals surface area contributed by atoms with Gasteiger partial charge in [-0.2, -0.15) is 0 Å². The summed E-state index contributed by atoms with van der Waals surface area (Å²) >= 11 is 1.80. The highest BCUT2D eigenvalue weighted by Crippen LogP contribution is 2.12. The predicted molar refractivity (Wildman–Crippen MR) is 93.9 cm³/mol. The second kappa shape index (κ2) is 7.88. The van der Waals surface area contributed by atoms with Crippen molar-refractivity contribution in [1.82, 2.24) is 0 Å². The van der Waals surface area contributed by atoms with Gasteiger partial charge in [-0.25, -0.2) is 4.39 Å². The van der Waals surface area contributed by atoms with Crippen LogP contribution in [0.1, 0.15) is 11.8 Å². The second-order valence-corrected chi connectivity index (χ2v) is 7.39. The zero-order valence-electron chi connectivity index (χ0n) is 13.8. The molecule has 1 atom stereocenters. The van der Waals surface area contributed by atoms with Crippen LogP contribution in [0.25, 0.3) is 0 Å². The molecule has 1 fully saturated rings. The normalized spacial score (nSPS) is 22.1. The number of hydrogen-bond donors (Lipinski definition) is 3. The summed E-state index contributed by atoms with van der Waals surface area (Å²) in [5.41, 5.74) is 0.260. The second-order valence-electron chi connectivity index (χ2n) is 6.36. The summed E-state index contributed by atoms with van der Waals surface area (Å²) in [6, 6.07) is 10.4. The molecule has 1 aliphatic heterocycles. The molecule has 4 nitrogen and oxygen atoms in total. The smallest absolute Gasteiger partial charge is 0.282 e. The third-order valence-electron chi connectivity index (χ3n) is 4.74. The lowest BCUT2D eigenvalue weighted by Gasteiger charge is -2.32. The van der Waals surface area contributed by atoms with E-state index in [9.17, 15) is 9.18 Å². The fraction of sp³-hybridized carbons (Fsp3) is 0.389. The summed E-state index contributed by atoms with van der Waals surface area (Å²) in [7, 11) is 0. The number of thiophene rings is 1. The Labute approximate surface area is 145 Å². The molecular weight excluding hydrogens is 325 g/mol. The number of nitrogens with one attached hydrogen (secondary N) is 3. The Kier molecular flexibility index (Phi) is 5.60. The number of rotatable bonds is 5. The number of halogens is 1. The van der Waals surface area contributed by atoms with Gasteiger partial charge in [0.15, 0.2) is 6.04 Å². The summed E-state index contributed by atoms with van der Waals surface area (Å²) in [5.74, 6) is -0.505. The lowest BCUT2D eigenvalue weighted by Crippen LogP contribution is -3.29. The molecule has 1 aromatic heterocycles. The zero-order chi connectivity index (χ0) is 16.9. The van der Waals surface area contributed by atoms with Crippen molar-refractivity contribution >= 4 is 22.9 Å². The first kappa shape index (κ1) is 17.1. The lowest BCUT2D eigenvalue weighted by molar-refractivity contribution is -1.02. The molecule has 1 aromatic carbocycles. The van der Waals surface area contributed by atoms with Crippen molar-refractivity contribution in [2.45, 2.75) is 19.5 Å². The van der Waals surface area contributed by atoms with Gasteiger partial charge >= 0.3 is 0 Å². The van der Waals surface area contributed by atoms with Crippen molar-refractivity contribution in [3.63, 3.8) is 0 Å². The molecule has 0 saturated carbocycles. The van der Waals surface area contributed by atoms with E-state index >= 15 is 0 Å². The minimum Gasteiger partial charge on any atom is -0.321 e. The molecule has 1 saturated heterocycles. The van der Waals surface area contributed by atoms with Gasteiger partial charge in [-0.3, -0.25) is 4.79 Å². The van der Waals surface area contributed by atoms with Crippen LogP contribution in [-0.4, -0.2) is 38.1 Å². The van der Waals surface area contributed by atoms with Crippen LogP contribution in [0.5, 0.6) is 0 Å². The minimum atomic E-state index is -0.390. The molecule has 24 heavy (non-hydrogen) atoms. The van der Waals surface area contributed by atoms with Gasteiger partial charge in [0.2, 0.25) is 0 Å². The fourth-order valence-corrected chi connectivity index (χ4v) is 3.96. The van der Waals surface area contributed by atoms with Crippen LogP contribution in [0.2, 0.25) is 0 Å². The maximum Gasteiger partial charge on any atom is 0.282 e. The van der Waals surface area contributed by atoms with Gasteiger partial charge in [0.1, 0.15) is 38.5 Å². The van der Waals surface area contributed by atoms with Crippen LogP contribution in [0.4, 0.5) is 10.1 Å². The van der Waals surface area contributed by atoms with Gasteiger partial charge in [-0.15, -0.1) is 11.3 Å². The van der Waals surface area contributed by atoms with Crippen molar-refractivity contribution in [2.75, 3.05) is 31.5 Å². The largest absolute Gasteiger partial charge is 0.321 e. The molecule has 0 radical (unpaired) electrons. The van der Waals surface area contributed by atoms with Crippen molar-refractivity contribution in [2.24, 2.45) is 0 Å². The Morgan fingerprint density at radius 2 is 1.96 bits per heavy atom. The number of benzene rings is 1. The molecule has 3 N–H and O–H groups in total. The summed E-state index contributed by atoms with van der Waals surface area (Å²) < 4.78 is 13.7. The molecular formula is C18H24FN3OS+2. The number of hydrogen-bond acceptors (Lipinski definition) is 2. The van der Waals surface area contributed by atoms with E-state index in [1.54, 1.807) is 34.4 Å². The maximum atomic E-state index is 13.7. The van der Waals surface area contributed by atoms with Gasteiger partial charge in [0.25, 0.3) is 5.91 Å². The number of carbonyl (C=O) groups is 1. The molecule has 0 aliphatic carbocycles. The molecule has 0 spiro atoms. The summed E-state index contributed by atoms with van der Waals surface area (Å²) in [5, 5.41) is 4.83. The van der Waals surface area contributed by atoms with Crippen LogP contribution >= 0.6 is 11.3 Å². The van der Waals surface area contributed by atoms with E-state index in [2.05, 4.69) is 22.8 Å². The first-order valence-electron chi connectivity index (χ1n) is 8.39. The van der Waals surface area contributed by atoms with E-state index in [0.29, 0.717) is 0 Å². The molecule has 2 heterocycles. The average molecular weight is 349 g/mol. The van der Waals surface area contributed by atoms with E-state index in [-0.39, 0.29) is 17.6 Å². The molecule has 0 unspecified atom stereocenters. The molecule has 1 amide bonds. The number of amides is 1. The SMILES string of the molecule is C[C@H](C(=O)Nc1ccccc1F)[NH+]1CC[NH+](Cc2cccs2)CC1. The summed E-state index contributed by atoms with van der Waals surface area (Å²) in [6.07, 6.45) is 0. The van der Waals surface area contributed by atoms with Crippen molar-refractivity contribution in [1.29, 1.82) is 0 Å². The summed E-state index contributed by atoms with van der Waals surface area (Å²) in [4.78, 5) is 16.7. The van der Waals surface area contributed by atoms with Crippen LogP contribution in [-0.2, 0) is 11.3 Å². The molecule has 128 valence electrons. The molecule has 2 aromatic rings. The van der Waals surface area contributed by atoms with Crippen LogP contribution in [0.3, 0.4) is 0 Å². The van der Waals surface area contributed by atoms with E-state index in [0.717, 1.165) is 32.7 Å². The van der Waals surface area contributed by atoms with E-state index in [1.165, 1.54) is 15.8 Å².